The lowest BCUT2D eigenvalue weighted by molar-refractivity contribution is 0.102. The summed E-state index contributed by atoms with van der Waals surface area (Å²) in [5, 5.41) is 7.49. The van der Waals surface area contributed by atoms with Crippen molar-refractivity contribution < 1.29 is 19.0 Å². The first kappa shape index (κ1) is 21.1. The Bertz CT molecular complexity index is 1040. The van der Waals surface area contributed by atoms with Crippen LogP contribution in [-0.4, -0.2) is 47.0 Å². The standard InChI is InChI=1S/C21H25N5O4/c1-21(2,3)17-12-18(26(25-17)20-22-8-7-9-23-20)24-19(27)13-10-15(29-5)16(30-6)11-14(13)28-4/h7-12H,1-6H3,(H,24,27). The molecule has 0 fully saturated rings. The summed E-state index contributed by atoms with van der Waals surface area (Å²) in [5.74, 6) is 1.62. The molecule has 1 aromatic carbocycles. The normalized spacial score (nSPS) is 11.1. The summed E-state index contributed by atoms with van der Waals surface area (Å²) in [5.41, 5.74) is 0.833. The van der Waals surface area contributed by atoms with Gasteiger partial charge in [-0.15, -0.1) is 0 Å². The summed E-state index contributed by atoms with van der Waals surface area (Å²) >= 11 is 0. The third-order valence-electron chi connectivity index (χ3n) is 4.41. The van der Waals surface area contributed by atoms with Gasteiger partial charge in [-0.2, -0.15) is 9.78 Å². The number of rotatable bonds is 6. The molecular weight excluding hydrogens is 386 g/mol. The Hall–Kier alpha value is -3.62. The summed E-state index contributed by atoms with van der Waals surface area (Å²) in [4.78, 5) is 21.6. The first-order valence-corrected chi connectivity index (χ1v) is 9.27. The van der Waals surface area contributed by atoms with Crippen LogP contribution in [0.4, 0.5) is 5.82 Å². The van der Waals surface area contributed by atoms with Crippen LogP contribution < -0.4 is 19.5 Å². The van der Waals surface area contributed by atoms with E-state index in [9.17, 15) is 4.79 Å². The molecular formula is C21H25N5O4. The molecule has 0 atom stereocenters. The third-order valence-corrected chi connectivity index (χ3v) is 4.41. The predicted octanol–water partition coefficient (Wildman–Crippen LogP) is 3.24. The monoisotopic (exact) mass is 411 g/mol. The van der Waals surface area contributed by atoms with Crippen molar-refractivity contribution in [2.24, 2.45) is 0 Å². The van der Waals surface area contributed by atoms with Crippen molar-refractivity contribution in [1.82, 2.24) is 19.7 Å². The van der Waals surface area contributed by atoms with E-state index in [0.717, 1.165) is 5.69 Å². The molecule has 30 heavy (non-hydrogen) atoms. The Morgan fingerprint density at radius 1 is 0.933 bits per heavy atom. The highest BCUT2D eigenvalue weighted by Crippen LogP contribution is 2.35. The number of carbonyl (C=O) groups excluding carboxylic acids is 1. The maximum atomic E-state index is 13.1. The van der Waals surface area contributed by atoms with Gasteiger partial charge in [0.15, 0.2) is 11.5 Å². The van der Waals surface area contributed by atoms with E-state index in [2.05, 4.69) is 20.4 Å². The fraction of sp³-hybridized carbons (Fsp3) is 0.333. The number of carbonyl (C=O) groups is 1. The average Bonchev–Trinajstić information content (AvgIpc) is 3.17. The number of anilines is 1. The van der Waals surface area contributed by atoms with Crippen LogP contribution in [0.3, 0.4) is 0 Å². The maximum absolute atomic E-state index is 13.1. The minimum Gasteiger partial charge on any atom is -0.496 e. The molecule has 0 unspecified atom stereocenters. The lowest BCUT2D eigenvalue weighted by atomic mass is 9.92. The molecule has 0 saturated heterocycles. The number of ether oxygens (including phenoxy) is 3. The molecule has 2 aromatic heterocycles. The second kappa shape index (κ2) is 8.40. The first-order chi connectivity index (χ1) is 14.3. The topological polar surface area (TPSA) is 100 Å². The average molecular weight is 411 g/mol. The summed E-state index contributed by atoms with van der Waals surface area (Å²) < 4.78 is 17.5. The number of amides is 1. The number of nitrogens with zero attached hydrogens (tertiary/aromatic N) is 4. The van der Waals surface area contributed by atoms with Gasteiger partial charge in [-0.1, -0.05) is 20.8 Å². The van der Waals surface area contributed by atoms with Crippen LogP contribution in [0.25, 0.3) is 5.95 Å². The number of methoxy groups -OCH3 is 3. The molecule has 158 valence electrons. The van der Waals surface area contributed by atoms with E-state index in [-0.39, 0.29) is 11.0 Å². The van der Waals surface area contributed by atoms with Crippen molar-refractivity contribution in [2.45, 2.75) is 26.2 Å². The van der Waals surface area contributed by atoms with Crippen LogP contribution >= 0.6 is 0 Å². The molecule has 9 nitrogen and oxygen atoms in total. The van der Waals surface area contributed by atoms with Crippen LogP contribution in [0.2, 0.25) is 0 Å². The third kappa shape index (κ3) is 4.19. The van der Waals surface area contributed by atoms with E-state index in [1.165, 1.54) is 26.0 Å². The minimum atomic E-state index is -0.398. The fourth-order valence-corrected chi connectivity index (χ4v) is 2.78. The van der Waals surface area contributed by atoms with Crippen LogP contribution in [0.1, 0.15) is 36.8 Å². The Balaban J connectivity index is 2.04. The van der Waals surface area contributed by atoms with E-state index in [1.54, 1.807) is 30.6 Å². The molecule has 0 spiro atoms. The molecule has 0 aliphatic carbocycles. The molecule has 3 aromatic rings. The van der Waals surface area contributed by atoms with Crippen molar-refractivity contribution >= 4 is 11.7 Å². The molecule has 1 amide bonds. The molecule has 0 saturated carbocycles. The van der Waals surface area contributed by atoms with E-state index in [0.29, 0.717) is 29.0 Å². The molecule has 3 rings (SSSR count). The predicted molar refractivity (Wildman–Crippen MR) is 112 cm³/mol. The van der Waals surface area contributed by atoms with Gasteiger partial charge in [0.2, 0.25) is 0 Å². The molecule has 0 radical (unpaired) electrons. The van der Waals surface area contributed by atoms with E-state index in [1.807, 2.05) is 26.8 Å². The van der Waals surface area contributed by atoms with Gasteiger partial charge >= 0.3 is 0 Å². The molecule has 0 aliphatic rings. The van der Waals surface area contributed by atoms with Gasteiger partial charge in [0.25, 0.3) is 11.9 Å². The van der Waals surface area contributed by atoms with Crippen LogP contribution in [0.15, 0.2) is 36.7 Å². The van der Waals surface area contributed by atoms with Gasteiger partial charge in [-0.05, 0) is 6.07 Å². The molecule has 2 heterocycles. The van der Waals surface area contributed by atoms with Crippen molar-refractivity contribution in [3.05, 3.63) is 47.9 Å². The fourth-order valence-electron chi connectivity index (χ4n) is 2.78. The Kier molecular flexibility index (Phi) is 5.91. The molecule has 0 bridgehead atoms. The quantitative estimate of drug-likeness (QED) is 0.664. The van der Waals surface area contributed by atoms with Gasteiger partial charge in [0, 0.05) is 36.0 Å². The van der Waals surface area contributed by atoms with Gasteiger partial charge in [-0.3, -0.25) is 4.79 Å². The SMILES string of the molecule is COc1cc(OC)c(C(=O)Nc2cc(C(C)(C)C)nn2-c2ncccn2)cc1OC. The summed E-state index contributed by atoms with van der Waals surface area (Å²) in [7, 11) is 4.50. The van der Waals surface area contributed by atoms with E-state index in [4.69, 9.17) is 14.2 Å². The lowest BCUT2D eigenvalue weighted by Gasteiger charge is -2.14. The largest absolute Gasteiger partial charge is 0.496 e. The summed E-state index contributed by atoms with van der Waals surface area (Å²) in [6.45, 7) is 6.11. The number of hydrogen-bond donors (Lipinski definition) is 1. The zero-order chi connectivity index (χ0) is 21.9. The zero-order valence-corrected chi connectivity index (χ0v) is 17.9. The molecule has 1 N–H and O–H groups in total. The van der Waals surface area contributed by atoms with Gasteiger partial charge in [-0.25, -0.2) is 9.97 Å². The number of benzene rings is 1. The molecule has 9 heteroatoms. The Morgan fingerprint density at radius 3 is 2.10 bits per heavy atom. The van der Waals surface area contributed by atoms with Crippen molar-refractivity contribution in [1.29, 1.82) is 0 Å². The second-order valence-corrected chi connectivity index (χ2v) is 7.49. The van der Waals surface area contributed by atoms with Crippen molar-refractivity contribution in [2.75, 3.05) is 26.6 Å². The van der Waals surface area contributed by atoms with Crippen LogP contribution in [0.5, 0.6) is 17.2 Å². The lowest BCUT2D eigenvalue weighted by Crippen LogP contribution is -2.17. The van der Waals surface area contributed by atoms with Crippen molar-refractivity contribution in [3.63, 3.8) is 0 Å². The first-order valence-electron chi connectivity index (χ1n) is 9.27. The summed E-state index contributed by atoms with van der Waals surface area (Å²) in [6, 6.07) is 6.69. The second-order valence-electron chi connectivity index (χ2n) is 7.49. The van der Waals surface area contributed by atoms with E-state index < -0.39 is 5.91 Å². The molecule has 0 aliphatic heterocycles. The highest BCUT2D eigenvalue weighted by molar-refractivity contribution is 6.06. The number of nitrogens with one attached hydrogen (secondary N) is 1. The van der Waals surface area contributed by atoms with Crippen molar-refractivity contribution in [3.8, 4) is 23.2 Å². The van der Waals surface area contributed by atoms with Crippen LogP contribution in [0, 0.1) is 0 Å². The van der Waals surface area contributed by atoms with E-state index >= 15 is 0 Å². The highest BCUT2D eigenvalue weighted by Gasteiger charge is 2.24. The zero-order valence-electron chi connectivity index (χ0n) is 17.9. The van der Waals surface area contributed by atoms with Gasteiger partial charge in [0.1, 0.15) is 11.6 Å². The Labute approximate surface area is 175 Å². The van der Waals surface area contributed by atoms with Gasteiger partial charge < -0.3 is 19.5 Å². The maximum Gasteiger partial charge on any atom is 0.260 e. The smallest absolute Gasteiger partial charge is 0.260 e. The number of hydrogen-bond acceptors (Lipinski definition) is 7. The number of aromatic nitrogens is 4. The Morgan fingerprint density at radius 2 is 1.53 bits per heavy atom. The van der Waals surface area contributed by atoms with Gasteiger partial charge in [0.05, 0.1) is 32.6 Å². The highest BCUT2D eigenvalue weighted by atomic mass is 16.5. The summed E-state index contributed by atoms with van der Waals surface area (Å²) in [6.07, 6.45) is 3.23. The minimum absolute atomic E-state index is 0.236. The van der Waals surface area contributed by atoms with Crippen LogP contribution in [-0.2, 0) is 5.41 Å².